The smallest absolute Gasteiger partial charge is 0.279 e. The maximum atomic E-state index is 12.1. The Morgan fingerprint density at radius 2 is 1.88 bits per heavy atom. The van der Waals surface area contributed by atoms with Crippen molar-refractivity contribution in [2.75, 3.05) is 32.6 Å². The number of rotatable bonds is 8. The van der Waals surface area contributed by atoms with Crippen LogP contribution < -0.4 is 19.7 Å². The zero-order chi connectivity index (χ0) is 17.4. The highest BCUT2D eigenvalue weighted by molar-refractivity contribution is 5.91. The van der Waals surface area contributed by atoms with Crippen molar-refractivity contribution < 1.29 is 19.2 Å². The van der Waals surface area contributed by atoms with Crippen molar-refractivity contribution in [3.05, 3.63) is 54.1 Å². The minimum absolute atomic E-state index is 0.00315. The standard InChI is InChI=1S/C19H24N2O3/c1-4-24-17-11-10-15(12-18(17)23-3)13-21(2)14-19(22)20-16-8-6-5-7-9-16/h5-12H,4,13-14H2,1-3H3,(H,20,22)/p+1. The zero-order valence-corrected chi connectivity index (χ0v) is 14.5. The lowest BCUT2D eigenvalue weighted by molar-refractivity contribution is -0.885. The zero-order valence-electron chi connectivity index (χ0n) is 14.5. The van der Waals surface area contributed by atoms with Gasteiger partial charge < -0.3 is 19.7 Å². The van der Waals surface area contributed by atoms with Gasteiger partial charge in [0.25, 0.3) is 5.91 Å². The molecule has 0 heterocycles. The molecule has 128 valence electrons. The van der Waals surface area contributed by atoms with Crippen molar-refractivity contribution >= 4 is 11.6 Å². The Morgan fingerprint density at radius 1 is 1.12 bits per heavy atom. The lowest BCUT2D eigenvalue weighted by Crippen LogP contribution is -3.08. The summed E-state index contributed by atoms with van der Waals surface area (Å²) in [7, 11) is 3.62. The van der Waals surface area contributed by atoms with Crippen LogP contribution >= 0.6 is 0 Å². The van der Waals surface area contributed by atoms with E-state index in [0.29, 0.717) is 13.2 Å². The lowest BCUT2D eigenvalue weighted by Gasteiger charge is -2.15. The Labute approximate surface area is 143 Å². The monoisotopic (exact) mass is 329 g/mol. The van der Waals surface area contributed by atoms with E-state index in [1.165, 1.54) is 0 Å². The molecule has 2 N–H and O–H groups in total. The summed E-state index contributed by atoms with van der Waals surface area (Å²) in [6, 6.07) is 15.4. The Morgan fingerprint density at radius 3 is 2.54 bits per heavy atom. The van der Waals surface area contributed by atoms with E-state index in [1.807, 2.05) is 62.5 Å². The van der Waals surface area contributed by atoms with Crippen molar-refractivity contribution in [1.82, 2.24) is 0 Å². The van der Waals surface area contributed by atoms with E-state index in [4.69, 9.17) is 9.47 Å². The summed E-state index contributed by atoms with van der Waals surface area (Å²) >= 11 is 0. The topological polar surface area (TPSA) is 52.0 Å². The van der Waals surface area contributed by atoms with Crippen molar-refractivity contribution in [2.45, 2.75) is 13.5 Å². The number of hydrogen-bond acceptors (Lipinski definition) is 3. The second kappa shape index (κ2) is 8.93. The van der Waals surface area contributed by atoms with Gasteiger partial charge in [0.1, 0.15) is 6.54 Å². The van der Waals surface area contributed by atoms with Crippen molar-refractivity contribution in [2.24, 2.45) is 0 Å². The van der Waals surface area contributed by atoms with E-state index in [0.717, 1.165) is 34.2 Å². The van der Waals surface area contributed by atoms with E-state index < -0.39 is 0 Å². The summed E-state index contributed by atoms with van der Waals surface area (Å²) in [5.74, 6) is 1.45. The third kappa shape index (κ3) is 5.28. The molecule has 1 amide bonds. The number of quaternary nitrogens is 1. The molecule has 0 radical (unpaired) electrons. The molecule has 0 aliphatic heterocycles. The Balaban J connectivity index is 1.91. The molecule has 0 saturated heterocycles. The first-order valence-corrected chi connectivity index (χ1v) is 8.08. The van der Waals surface area contributed by atoms with Gasteiger partial charge in [-0.05, 0) is 37.3 Å². The Bertz CT molecular complexity index is 659. The van der Waals surface area contributed by atoms with Crippen LogP contribution in [0.4, 0.5) is 5.69 Å². The molecule has 24 heavy (non-hydrogen) atoms. The number of amides is 1. The first-order valence-electron chi connectivity index (χ1n) is 8.08. The van der Waals surface area contributed by atoms with E-state index in [2.05, 4.69) is 5.32 Å². The quantitative estimate of drug-likeness (QED) is 0.776. The second-order valence-corrected chi connectivity index (χ2v) is 5.64. The van der Waals surface area contributed by atoms with Crippen LogP contribution in [0, 0.1) is 0 Å². The fourth-order valence-corrected chi connectivity index (χ4v) is 2.51. The van der Waals surface area contributed by atoms with Gasteiger partial charge >= 0.3 is 0 Å². The largest absolute Gasteiger partial charge is 0.493 e. The molecule has 0 bridgehead atoms. The van der Waals surface area contributed by atoms with Crippen LogP contribution in [0.3, 0.4) is 0 Å². The van der Waals surface area contributed by atoms with Crippen LogP contribution in [0.2, 0.25) is 0 Å². The number of benzene rings is 2. The molecule has 5 nitrogen and oxygen atoms in total. The predicted molar refractivity (Wildman–Crippen MR) is 94.7 cm³/mol. The van der Waals surface area contributed by atoms with Crippen molar-refractivity contribution in [3.8, 4) is 11.5 Å². The number of carbonyl (C=O) groups excluding carboxylic acids is 1. The van der Waals surface area contributed by atoms with Gasteiger partial charge in [0.2, 0.25) is 0 Å². The summed E-state index contributed by atoms with van der Waals surface area (Å²) in [5.41, 5.74) is 1.92. The number of likely N-dealkylation sites (N-methyl/N-ethyl adjacent to an activating group) is 1. The number of nitrogens with one attached hydrogen (secondary N) is 2. The third-order valence-corrected chi connectivity index (χ3v) is 3.55. The highest BCUT2D eigenvalue weighted by atomic mass is 16.5. The highest BCUT2D eigenvalue weighted by Crippen LogP contribution is 2.27. The number of anilines is 1. The van der Waals surface area contributed by atoms with Crippen LogP contribution in [0.5, 0.6) is 11.5 Å². The molecule has 2 aromatic carbocycles. The Kier molecular flexibility index (Phi) is 6.63. The first-order chi connectivity index (χ1) is 11.6. The average molecular weight is 329 g/mol. The number of para-hydroxylation sites is 1. The molecular weight excluding hydrogens is 304 g/mol. The van der Waals surface area contributed by atoms with E-state index in [-0.39, 0.29) is 5.91 Å². The maximum absolute atomic E-state index is 12.1. The minimum atomic E-state index is -0.00315. The molecule has 0 saturated carbocycles. The maximum Gasteiger partial charge on any atom is 0.279 e. The summed E-state index contributed by atoms with van der Waals surface area (Å²) in [4.78, 5) is 13.2. The van der Waals surface area contributed by atoms with Gasteiger partial charge in [-0.1, -0.05) is 18.2 Å². The van der Waals surface area contributed by atoms with Crippen molar-refractivity contribution in [3.63, 3.8) is 0 Å². The number of carbonyl (C=O) groups is 1. The predicted octanol–water partition coefficient (Wildman–Crippen LogP) is 1.75. The highest BCUT2D eigenvalue weighted by Gasteiger charge is 2.13. The van der Waals surface area contributed by atoms with Gasteiger partial charge in [0, 0.05) is 11.3 Å². The van der Waals surface area contributed by atoms with Gasteiger partial charge in [0.15, 0.2) is 18.0 Å². The molecule has 0 aromatic heterocycles. The van der Waals surface area contributed by atoms with Crippen LogP contribution in [-0.2, 0) is 11.3 Å². The summed E-state index contributed by atoms with van der Waals surface area (Å²) in [6.07, 6.45) is 0. The van der Waals surface area contributed by atoms with Crippen LogP contribution in [-0.4, -0.2) is 33.2 Å². The molecule has 0 aliphatic rings. The Hall–Kier alpha value is -2.53. The molecule has 1 unspecified atom stereocenters. The molecule has 0 fully saturated rings. The minimum Gasteiger partial charge on any atom is -0.493 e. The number of methoxy groups -OCH3 is 1. The normalized spacial score (nSPS) is 11.6. The molecule has 5 heteroatoms. The van der Waals surface area contributed by atoms with Gasteiger partial charge in [-0.15, -0.1) is 0 Å². The van der Waals surface area contributed by atoms with Crippen LogP contribution in [0.15, 0.2) is 48.5 Å². The molecule has 0 spiro atoms. The average Bonchev–Trinajstić information content (AvgIpc) is 2.57. The SMILES string of the molecule is CCOc1ccc(C[NH+](C)CC(=O)Nc2ccccc2)cc1OC. The van der Waals surface area contributed by atoms with Crippen LogP contribution in [0.25, 0.3) is 0 Å². The summed E-state index contributed by atoms with van der Waals surface area (Å²) in [5, 5.41) is 2.90. The number of ether oxygens (including phenoxy) is 2. The molecular formula is C19H25N2O3+. The van der Waals surface area contributed by atoms with Crippen LogP contribution in [0.1, 0.15) is 12.5 Å². The molecule has 0 aliphatic carbocycles. The summed E-state index contributed by atoms with van der Waals surface area (Å²) < 4.78 is 10.9. The van der Waals surface area contributed by atoms with Crippen molar-refractivity contribution in [1.29, 1.82) is 0 Å². The molecule has 1 atom stereocenters. The van der Waals surface area contributed by atoms with E-state index >= 15 is 0 Å². The fraction of sp³-hybridized carbons (Fsp3) is 0.316. The molecule has 2 rings (SSSR count). The third-order valence-electron chi connectivity index (χ3n) is 3.55. The van der Waals surface area contributed by atoms with Gasteiger partial charge in [-0.25, -0.2) is 0 Å². The van der Waals surface area contributed by atoms with Gasteiger partial charge in [0.05, 0.1) is 20.8 Å². The van der Waals surface area contributed by atoms with Gasteiger partial charge in [-0.2, -0.15) is 0 Å². The lowest BCUT2D eigenvalue weighted by atomic mass is 10.2. The first kappa shape index (κ1) is 17.8. The van der Waals surface area contributed by atoms with Gasteiger partial charge in [-0.3, -0.25) is 4.79 Å². The summed E-state index contributed by atoms with van der Waals surface area (Å²) in [6.45, 7) is 3.66. The van der Waals surface area contributed by atoms with E-state index in [1.54, 1.807) is 7.11 Å². The second-order valence-electron chi connectivity index (χ2n) is 5.64. The fourth-order valence-electron chi connectivity index (χ4n) is 2.51. The molecule has 2 aromatic rings. The van der Waals surface area contributed by atoms with E-state index in [9.17, 15) is 4.79 Å². The number of hydrogen-bond donors (Lipinski definition) is 2.